The molecule has 0 saturated carbocycles. The molecule has 1 heterocycles. The fraction of sp³-hybridized carbons (Fsp3) is 0.261. The number of rotatable bonds is 6. The summed E-state index contributed by atoms with van der Waals surface area (Å²) in [5.41, 5.74) is 3.60. The van der Waals surface area contributed by atoms with Crippen LogP contribution in [0.25, 0.3) is 0 Å². The Morgan fingerprint density at radius 1 is 1.14 bits per heavy atom. The summed E-state index contributed by atoms with van der Waals surface area (Å²) < 4.78 is 5.18. The van der Waals surface area contributed by atoms with Crippen LogP contribution in [0.4, 0.5) is 5.95 Å². The van der Waals surface area contributed by atoms with Gasteiger partial charge in [-0.05, 0) is 48.1 Å². The summed E-state index contributed by atoms with van der Waals surface area (Å²) in [5, 5.41) is 3.96. The van der Waals surface area contributed by atoms with Crippen molar-refractivity contribution in [1.82, 2.24) is 9.97 Å². The van der Waals surface area contributed by atoms with E-state index in [4.69, 9.17) is 16.3 Å². The molecule has 0 radical (unpaired) electrons. The number of carbonyl (C=O) groups is 1. The molecule has 1 atom stereocenters. The summed E-state index contributed by atoms with van der Waals surface area (Å²) in [6.45, 7) is 0.701. The summed E-state index contributed by atoms with van der Waals surface area (Å²) in [4.78, 5) is 21.5. The van der Waals surface area contributed by atoms with Crippen LogP contribution in [0.5, 0.6) is 5.75 Å². The van der Waals surface area contributed by atoms with Crippen LogP contribution in [0.3, 0.4) is 0 Å². The zero-order chi connectivity index (χ0) is 20.2. The second kappa shape index (κ2) is 8.62. The molecule has 0 aliphatic heterocycles. The summed E-state index contributed by atoms with van der Waals surface area (Å²) in [5.74, 6) is 1.51. The van der Waals surface area contributed by atoms with Gasteiger partial charge in [-0.25, -0.2) is 9.97 Å². The Kier molecular flexibility index (Phi) is 5.76. The Morgan fingerprint density at radius 2 is 1.93 bits per heavy atom. The number of nitrogens with zero attached hydrogens (tertiary/aromatic N) is 2. The number of ether oxygens (including phenoxy) is 1. The van der Waals surface area contributed by atoms with Crippen molar-refractivity contribution in [2.45, 2.75) is 25.2 Å². The molecule has 0 saturated heterocycles. The first-order valence-electron chi connectivity index (χ1n) is 9.64. The average Bonchev–Trinajstić information content (AvgIpc) is 2.74. The molecule has 0 bridgehead atoms. The third-order valence-corrected chi connectivity index (χ3v) is 5.58. The molecule has 148 valence electrons. The molecule has 1 unspecified atom stereocenters. The van der Waals surface area contributed by atoms with E-state index in [0.717, 1.165) is 23.4 Å². The third kappa shape index (κ3) is 4.40. The first-order valence-corrected chi connectivity index (χ1v) is 10.0. The number of aromatic nitrogens is 2. The van der Waals surface area contributed by atoms with E-state index in [2.05, 4.69) is 15.3 Å². The lowest BCUT2D eigenvalue weighted by Gasteiger charge is -2.24. The maximum Gasteiger partial charge on any atom is 0.222 e. The van der Waals surface area contributed by atoms with E-state index in [1.807, 2.05) is 48.5 Å². The largest absolute Gasteiger partial charge is 0.497 e. The number of ketones is 1. The Balaban J connectivity index is 1.44. The lowest BCUT2D eigenvalue weighted by Crippen LogP contribution is -2.22. The second-order valence-corrected chi connectivity index (χ2v) is 7.54. The minimum atomic E-state index is 0.0470. The Morgan fingerprint density at radius 3 is 2.69 bits per heavy atom. The minimum absolute atomic E-state index is 0.0470. The van der Waals surface area contributed by atoms with Crippen molar-refractivity contribution in [2.24, 2.45) is 0 Å². The lowest BCUT2D eigenvalue weighted by atomic mass is 9.82. The van der Waals surface area contributed by atoms with Crippen molar-refractivity contribution in [3.8, 4) is 5.75 Å². The van der Waals surface area contributed by atoms with Crippen molar-refractivity contribution in [2.75, 3.05) is 19.0 Å². The second-order valence-electron chi connectivity index (χ2n) is 7.13. The molecule has 0 fully saturated rings. The molecule has 2 aromatic carbocycles. The number of nitrogens with one attached hydrogen (secondary N) is 1. The Bertz CT molecular complexity index is 1020. The molecule has 5 nitrogen and oxygen atoms in total. The molecule has 1 aliphatic rings. The van der Waals surface area contributed by atoms with Gasteiger partial charge in [0.2, 0.25) is 5.95 Å². The van der Waals surface area contributed by atoms with Crippen LogP contribution in [-0.2, 0) is 12.8 Å². The van der Waals surface area contributed by atoms with Gasteiger partial charge in [-0.1, -0.05) is 41.9 Å². The molecule has 1 aromatic heterocycles. The van der Waals surface area contributed by atoms with E-state index in [9.17, 15) is 4.79 Å². The normalized spacial score (nSPS) is 15.7. The number of halogens is 1. The summed E-state index contributed by atoms with van der Waals surface area (Å²) in [6, 6.07) is 15.7. The number of benzene rings is 2. The molecular weight excluding hydrogens is 386 g/mol. The SMILES string of the molecule is COc1ccc(CCNc2ncc3c(n2)CC(c2ccccc2Cl)CC3=O)cc1. The number of anilines is 1. The van der Waals surface area contributed by atoms with Gasteiger partial charge in [0.1, 0.15) is 5.75 Å². The molecule has 6 heteroatoms. The van der Waals surface area contributed by atoms with Gasteiger partial charge >= 0.3 is 0 Å². The van der Waals surface area contributed by atoms with Crippen molar-refractivity contribution in [1.29, 1.82) is 0 Å². The number of methoxy groups -OCH3 is 1. The number of hydrogen-bond donors (Lipinski definition) is 1. The highest BCUT2D eigenvalue weighted by atomic mass is 35.5. The first kappa shape index (κ1) is 19.4. The first-order chi connectivity index (χ1) is 14.1. The van der Waals surface area contributed by atoms with Crippen molar-refractivity contribution < 1.29 is 9.53 Å². The van der Waals surface area contributed by atoms with Gasteiger partial charge in [0.05, 0.1) is 18.4 Å². The lowest BCUT2D eigenvalue weighted by molar-refractivity contribution is 0.0963. The van der Waals surface area contributed by atoms with E-state index in [-0.39, 0.29) is 11.7 Å². The van der Waals surface area contributed by atoms with Crippen LogP contribution in [0, 0.1) is 0 Å². The van der Waals surface area contributed by atoms with Crippen molar-refractivity contribution in [3.63, 3.8) is 0 Å². The number of fused-ring (bicyclic) bond motifs is 1. The van der Waals surface area contributed by atoms with Gasteiger partial charge in [0.15, 0.2) is 5.78 Å². The molecule has 29 heavy (non-hydrogen) atoms. The third-order valence-electron chi connectivity index (χ3n) is 5.24. The van der Waals surface area contributed by atoms with E-state index in [1.54, 1.807) is 13.3 Å². The van der Waals surface area contributed by atoms with E-state index >= 15 is 0 Å². The van der Waals surface area contributed by atoms with Gasteiger partial charge in [0.25, 0.3) is 0 Å². The van der Waals surface area contributed by atoms with Crippen molar-refractivity contribution >= 4 is 23.3 Å². The van der Waals surface area contributed by atoms with E-state index in [1.165, 1.54) is 5.56 Å². The van der Waals surface area contributed by atoms with Crippen LogP contribution in [0.15, 0.2) is 54.7 Å². The summed E-state index contributed by atoms with van der Waals surface area (Å²) in [6.07, 6.45) is 3.60. The Labute approximate surface area is 175 Å². The number of carbonyl (C=O) groups excluding carboxylic acids is 1. The van der Waals surface area contributed by atoms with Crippen LogP contribution >= 0.6 is 11.6 Å². The quantitative estimate of drug-likeness (QED) is 0.641. The molecule has 4 rings (SSSR count). The van der Waals surface area contributed by atoms with Crippen LogP contribution in [0.1, 0.15) is 39.5 Å². The highest BCUT2D eigenvalue weighted by molar-refractivity contribution is 6.31. The summed E-state index contributed by atoms with van der Waals surface area (Å²) in [7, 11) is 1.66. The molecule has 0 spiro atoms. The van der Waals surface area contributed by atoms with Gasteiger partial charge in [-0.3, -0.25) is 4.79 Å². The van der Waals surface area contributed by atoms with Crippen LogP contribution < -0.4 is 10.1 Å². The standard InChI is InChI=1S/C23H22ClN3O2/c1-29-17-8-6-15(7-9-17)10-11-25-23-26-14-19-21(27-23)12-16(13-22(19)28)18-4-2-3-5-20(18)24/h2-9,14,16H,10-13H2,1H3,(H,25,26,27). The monoisotopic (exact) mass is 407 g/mol. The smallest absolute Gasteiger partial charge is 0.222 e. The molecule has 1 aliphatic carbocycles. The van der Waals surface area contributed by atoms with E-state index < -0.39 is 0 Å². The predicted octanol–water partition coefficient (Wildman–Crippen LogP) is 4.71. The van der Waals surface area contributed by atoms with Gasteiger partial charge in [0, 0.05) is 24.2 Å². The molecular formula is C23H22ClN3O2. The maximum absolute atomic E-state index is 12.6. The average molecular weight is 408 g/mol. The molecule has 1 N–H and O–H groups in total. The fourth-order valence-corrected chi connectivity index (χ4v) is 3.96. The topological polar surface area (TPSA) is 64.1 Å². The van der Waals surface area contributed by atoms with Gasteiger partial charge < -0.3 is 10.1 Å². The fourth-order valence-electron chi connectivity index (χ4n) is 3.67. The van der Waals surface area contributed by atoms with E-state index in [0.29, 0.717) is 35.9 Å². The predicted molar refractivity (Wildman–Crippen MR) is 114 cm³/mol. The molecule has 0 amide bonds. The summed E-state index contributed by atoms with van der Waals surface area (Å²) >= 11 is 6.35. The zero-order valence-corrected chi connectivity index (χ0v) is 16.9. The molecule has 3 aromatic rings. The maximum atomic E-state index is 12.6. The highest BCUT2D eigenvalue weighted by Crippen LogP contribution is 2.35. The van der Waals surface area contributed by atoms with Crippen LogP contribution in [0.2, 0.25) is 5.02 Å². The Hall–Kier alpha value is -2.92. The number of hydrogen-bond acceptors (Lipinski definition) is 5. The van der Waals surface area contributed by atoms with Crippen molar-refractivity contribution in [3.05, 3.63) is 82.1 Å². The van der Waals surface area contributed by atoms with Crippen LogP contribution in [-0.4, -0.2) is 29.4 Å². The number of Topliss-reactive ketones (excluding diaryl/α,β-unsaturated/α-hetero) is 1. The minimum Gasteiger partial charge on any atom is -0.497 e. The highest BCUT2D eigenvalue weighted by Gasteiger charge is 2.29. The zero-order valence-electron chi connectivity index (χ0n) is 16.2. The van der Waals surface area contributed by atoms with Gasteiger partial charge in [-0.15, -0.1) is 0 Å². The van der Waals surface area contributed by atoms with Gasteiger partial charge in [-0.2, -0.15) is 0 Å².